The number of hydrogen-bond acceptors (Lipinski definition) is 5. The quantitative estimate of drug-likeness (QED) is 0.800. The van der Waals surface area contributed by atoms with E-state index in [0.717, 1.165) is 4.47 Å². The van der Waals surface area contributed by atoms with Gasteiger partial charge in [0.2, 0.25) is 5.88 Å². The number of nitrogens with zero attached hydrogens (tertiary/aromatic N) is 1. The summed E-state index contributed by atoms with van der Waals surface area (Å²) in [4.78, 5) is 15.5. The Hall–Kier alpha value is -2.08. The normalized spacial score (nSPS) is 9.95. The van der Waals surface area contributed by atoms with Crippen LogP contribution in [0.1, 0.15) is 10.4 Å². The predicted octanol–water partition coefficient (Wildman–Crippen LogP) is 3.43. The largest absolute Gasteiger partial charge is 0.497 e. The van der Waals surface area contributed by atoms with Crippen LogP contribution in [0.25, 0.3) is 0 Å². The Kier molecular flexibility index (Phi) is 4.57. The maximum absolute atomic E-state index is 11.4. The van der Waals surface area contributed by atoms with Crippen LogP contribution in [0.2, 0.25) is 0 Å². The van der Waals surface area contributed by atoms with E-state index >= 15 is 0 Å². The van der Waals surface area contributed by atoms with Crippen LogP contribution in [0.15, 0.2) is 41.0 Å². The second-order valence-electron chi connectivity index (χ2n) is 3.77. The Bertz CT molecular complexity index is 630. The van der Waals surface area contributed by atoms with Gasteiger partial charge in [0, 0.05) is 12.3 Å². The highest BCUT2D eigenvalue weighted by Gasteiger charge is 2.09. The van der Waals surface area contributed by atoms with E-state index in [9.17, 15) is 4.79 Å². The minimum Gasteiger partial charge on any atom is -0.497 e. The summed E-state index contributed by atoms with van der Waals surface area (Å²) < 4.78 is 16.1. The maximum atomic E-state index is 11.4. The van der Waals surface area contributed by atoms with Crippen LogP contribution in [-0.4, -0.2) is 25.2 Å². The number of hydrogen-bond donors (Lipinski definition) is 0. The number of halogens is 1. The lowest BCUT2D eigenvalue weighted by Gasteiger charge is -2.09. The highest BCUT2D eigenvalue weighted by molar-refractivity contribution is 9.10. The molecule has 0 aliphatic heterocycles. The van der Waals surface area contributed by atoms with Crippen molar-refractivity contribution in [3.63, 3.8) is 0 Å². The van der Waals surface area contributed by atoms with Crippen molar-refractivity contribution in [3.05, 3.63) is 46.6 Å². The molecule has 6 heteroatoms. The zero-order valence-electron chi connectivity index (χ0n) is 10.9. The first-order valence-corrected chi connectivity index (χ1v) is 6.49. The lowest BCUT2D eigenvalue weighted by atomic mass is 10.3. The van der Waals surface area contributed by atoms with Crippen molar-refractivity contribution >= 4 is 21.9 Å². The number of carbonyl (C=O) groups excluding carboxylic acids is 1. The van der Waals surface area contributed by atoms with Crippen molar-refractivity contribution in [2.75, 3.05) is 14.2 Å². The van der Waals surface area contributed by atoms with Gasteiger partial charge in [0.05, 0.1) is 24.3 Å². The van der Waals surface area contributed by atoms with Gasteiger partial charge in [-0.2, -0.15) is 0 Å². The van der Waals surface area contributed by atoms with Gasteiger partial charge in [-0.1, -0.05) is 0 Å². The highest BCUT2D eigenvalue weighted by Crippen LogP contribution is 2.32. The summed E-state index contributed by atoms with van der Waals surface area (Å²) in [5.41, 5.74) is 0.377. The van der Waals surface area contributed by atoms with E-state index in [2.05, 4.69) is 25.7 Å². The van der Waals surface area contributed by atoms with Crippen LogP contribution < -0.4 is 9.47 Å². The molecule has 0 fully saturated rings. The minimum atomic E-state index is -0.439. The van der Waals surface area contributed by atoms with E-state index in [1.807, 2.05) is 0 Å². The molecular formula is C14H12BrNO4. The van der Waals surface area contributed by atoms with Gasteiger partial charge in [-0.3, -0.25) is 0 Å². The Balaban J connectivity index is 2.24. The third-order valence-electron chi connectivity index (χ3n) is 2.51. The second-order valence-corrected chi connectivity index (χ2v) is 4.63. The molecule has 104 valence electrons. The molecule has 2 rings (SSSR count). The molecule has 0 saturated heterocycles. The molecule has 5 nitrogen and oxygen atoms in total. The molecule has 0 amide bonds. The lowest BCUT2D eigenvalue weighted by molar-refractivity contribution is 0.0600. The molecule has 0 unspecified atom stereocenters. The molecule has 0 N–H and O–H groups in total. The Morgan fingerprint density at radius 2 is 2.00 bits per heavy atom. The van der Waals surface area contributed by atoms with Gasteiger partial charge in [0.25, 0.3) is 0 Å². The molecule has 0 aliphatic carbocycles. The summed E-state index contributed by atoms with van der Waals surface area (Å²) in [6, 6.07) is 8.36. The van der Waals surface area contributed by atoms with Crippen LogP contribution in [0.5, 0.6) is 17.4 Å². The summed E-state index contributed by atoms with van der Waals surface area (Å²) >= 11 is 3.38. The van der Waals surface area contributed by atoms with Gasteiger partial charge in [-0.05, 0) is 40.2 Å². The van der Waals surface area contributed by atoms with Gasteiger partial charge in [0.15, 0.2) is 0 Å². The lowest BCUT2D eigenvalue weighted by Crippen LogP contribution is -2.01. The van der Waals surface area contributed by atoms with E-state index in [1.54, 1.807) is 31.4 Å². The Morgan fingerprint density at radius 1 is 1.20 bits per heavy atom. The van der Waals surface area contributed by atoms with Crippen LogP contribution in [0, 0.1) is 0 Å². The van der Waals surface area contributed by atoms with Crippen LogP contribution in [0.3, 0.4) is 0 Å². The zero-order chi connectivity index (χ0) is 14.5. The first-order chi connectivity index (χ1) is 9.63. The fourth-order valence-corrected chi connectivity index (χ4v) is 1.95. The summed E-state index contributed by atoms with van der Waals surface area (Å²) in [5, 5.41) is 0. The Morgan fingerprint density at radius 3 is 2.65 bits per heavy atom. The number of rotatable bonds is 4. The third kappa shape index (κ3) is 3.27. The smallest absolute Gasteiger partial charge is 0.338 e. The number of benzene rings is 1. The SMILES string of the molecule is COC(=O)c1ccnc(Oc2ccc(OC)cc2Br)c1. The summed E-state index contributed by atoms with van der Waals surface area (Å²) in [6.07, 6.45) is 1.49. The fourth-order valence-electron chi connectivity index (χ4n) is 1.51. The highest BCUT2D eigenvalue weighted by atomic mass is 79.9. The number of aromatic nitrogens is 1. The topological polar surface area (TPSA) is 57.7 Å². The van der Waals surface area contributed by atoms with E-state index in [1.165, 1.54) is 19.4 Å². The van der Waals surface area contributed by atoms with Gasteiger partial charge in [0.1, 0.15) is 11.5 Å². The average Bonchev–Trinajstić information content (AvgIpc) is 2.48. The van der Waals surface area contributed by atoms with E-state index in [4.69, 9.17) is 9.47 Å². The zero-order valence-corrected chi connectivity index (χ0v) is 12.5. The number of pyridine rings is 1. The summed E-state index contributed by atoms with van der Waals surface area (Å²) in [6.45, 7) is 0. The van der Waals surface area contributed by atoms with Gasteiger partial charge in [-0.15, -0.1) is 0 Å². The van der Waals surface area contributed by atoms with Crippen LogP contribution >= 0.6 is 15.9 Å². The standard InChI is InChI=1S/C14H12BrNO4/c1-18-10-3-4-12(11(15)8-10)20-13-7-9(5-6-16-13)14(17)19-2/h3-8H,1-2H3. The van der Waals surface area contributed by atoms with E-state index < -0.39 is 5.97 Å². The first-order valence-electron chi connectivity index (χ1n) is 5.70. The van der Waals surface area contributed by atoms with Crippen molar-refractivity contribution in [2.24, 2.45) is 0 Å². The van der Waals surface area contributed by atoms with E-state index in [0.29, 0.717) is 22.9 Å². The van der Waals surface area contributed by atoms with Crippen LogP contribution in [-0.2, 0) is 4.74 Å². The van der Waals surface area contributed by atoms with Crippen molar-refractivity contribution in [3.8, 4) is 17.4 Å². The minimum absolute atomic E-state index is 0.304. The molecule has 1 heterocycles. The molecule has 0 aliphatic rings. The van der Waals surface area contributed by atoms with Gasteiger partial charge < -0.3 is 14.2 Å². The molecular weight excluding hydrogens is 326 g/mol. The van der Waals surface area contributed by atoms with E-state index in [-0.39, 0.29) is 0 Å². The molecule has 0 spiro atoms. The predicted molar refractivity (Wildman–Crippen MR) is 76.3 cm³/mol. The van der Waals surface area contributed by atoms with Crippen molar-refractivity contribution in [1.29, 1.82) is 0 Å². The number of esters is 1. The monoisotopic (exact) mass is 337 g/mol. The fraction of sp³-hybridized carbons (Fsp3) is 0.143. The van der Waals surface area contributed by atoms with Crippen molar-refractivity contribution in [1.82, 2.24) is 4.98 Å². The molecule has 0 atom stereocenters. The van der Waals surface area contributed by atoms with Crippen molar-refractivity contribution in [2.45, 2.75) is 0 Å². The molecule has 1 aromatic heterocycles. The molecule has 0 saturated carbocycles. The molecule has 20 heavy (non-hydrogen) atoms. The number of ether oxygens (including phenoxy) is 3. The summed E-state index contributed by atoms with van der Waals surface area (Å²) in [7, 11) is 2.91. The van der Waals surface area contributed by atoms with Crippen molar-refractivity contribution < 1.29 is 19.0 Å². The van der Waals surface area contributed by atoms with Gasteiger partial charge in [-0.25, -0.2) is 9.78 Å². The first kappa shape index (κ1) is 14.3. The van der Waals surface area contributed by atoms with Crippen LogP contribution in [0.4, 0.5) is 0 Å². The summed E-state index contributed by atoms with van der Waals surface area (Å²) in [5.74, 6) is 1.14. The molecule has 1 aromatic carbocycles. The third-order valence-corrected chi connectivity index (χ3v) is 3.13. The number of methoxy groups -OCH3 is 2. The molecule has 0 bridgehead atoms. The Labute approximate surface area is 124 Å². The maximum Gasteiger partial charge on any atom is 0.338 e. The molecule has 0 radical (unpaired) electrons. The number of carbonyl (C=O) groups is 1. The second kappa shape index (κ2) is 6.38. The average molecular weight is 338 g/mol. The molecule has 2 aromatic rings. The van der Waals surface area contributed by atoms with Gasteiger partial charge >= 0.3 is 5.97 Å².